The zero-order valence-corrected chi connectivity index (χ0v) is 7.88. The molecule has 1 heterocycles. The van der Waals surface area contributed by atoms with Gasteiger partial charge in [0.1, 0.15) is 0 Å². The van der Waals surface area contributed by atoms with Gasteiger partial charge in [0.2, 0.25) is 0 Å². The van der Waals surface area contributed by atoms with Gasteiger partial charge in [-0.05, 0) is 19.3 Å². The van der Waals surface area contributed by atoms with Crippen LogP contribution in [-0.2, 0) is 12.8 Å². The van der Waals surface area contributed by atoms with Crippen molar-refractivity contribution in [2.45, 2.75) is 39.5 Å². The molecule has 0 saturated carbocycles. The first-order valence-electron chi connectivity index (χ1n) is 4.66. The van der Waals surface area contributed by atoms with Gasteiger partial charge in [0.15, 0.2) is 0 Å². The summed E-state index contributed by atoms with van der Waals surface area (Å²) in [6, 6.07) is 0. The van der Waals surface area contributed by atoms with Crippen molar-refractivity contribution in [2.24, 2.45) is 0 Å². The van der Waals surface area contributed by atoms with Crippen LogP contribution < -0.4 is 0 Å². The maximum absolute atomic E-state index is 4.47. The molecule has 2 heteroatoms. The summed E-state index contributed by atoms with van der Waals surface area (Å²) < 4.78 is 0. The van der Waals surface area contributed by atoms with Crippen molar-refractivity contribution < 1.29 is 0 Å². The topological polar surface area (TPSA) is 25.8 Å². The quantitative estimate of drug-likeness (QED) is 0.682. The van der Waals surface area contributed by atoms with Crippen molar-refractivity contribution >= 4 is 0 Å². The summed E-state index contributed by atoms with van der Waals surface area (Å²) in [5.41, 5.74) is 2.24. The van der Waals surface area contributed by atoms with Crippen LogP contribution in [0.2, 0.25) is 0 Å². The molecule has 2 nitrogen and oxygen atoms in total. The molecule has 0 spiro atoms. The number of aromatic nitrogens is 2. The van der Waals surface area contributed by atoms with Crippen LogP contribution in [-0.4, -0.2) is 9.97 Å². The second-order valence-corrected chi connectivity index (χ2v) is 2.96. The van der Waals surface area contributed by atoms with E-state index < -0.39 is 0 Å². The summed E-state index contributed by atoms with van der Waals surface area (Å²) in [7, 11) is 0. The third-order valence-electron chi connectivity index (χ3n) is 1.88. The Kier molecular flexibility index (Phi) is 3.71. The second kappa shape index (κ2) is 4.86. The van der Waals surface area contributed by atoms with Crippen molar-refractivity contribution in [1.29, 1.82) is 0 Å². The lowest BCUT2D eigenvalue weighted by molar-refractivity contribution is 0.764. The summed E-state index contributed by atoms with van der Waals surface area (Å²) in [5.74, 6) is 0. The van der Waals surface area contributed by atoms with Gasteiger partial charge in [-0.15, -0.1) is 0 Å². The Balaban J connectivity index is 2.60. The first-order valence-corrected chi connectivity index (χ1v) is 4.66. The van der Waals surface area contributed by atoms with Gasteiger partial charge in [-0.25, -0.2) is 0 Å². The third kappa shape index (κ3) is 2.61. The lowest BCUT2D eigenvalue weighted by Crippen LogP contribution is -1.95. The molecule has 1 aromatic rings. The average Bonchev–Trinajstić information content (AvgIpc) is 2.15. The van der Waals surface area contributed by atoms with Crippen molar-refractivity contribution in [3.05, 3.63) is 23.8 Å². The highest BCUT2D eigenvalue weighted by Gasteiger charge is 1.95. The van der Waals surface area contributed by atoms with Crippen LogP contribution in [0.5, 0.6) is 0 Å². The Bertz CT molecular complexity index is 233. The van der Waals surface area contributed by atoms with Crippen molar-refractivity contribution in [2.75, 3.05) is 0 Å². The van der Waals surface area contributed by atoms with Gasteiger partial charge in [-0.3, -0.25) is 9.97 Å². The molecule has 0 atom stereocenters. The predicted octanol–water partition coefficient (Wildman–Crippen LogP) is 2.38. The fourth-order valence-corrected chi connectivity index (χ4v) is 1.10. The number of unbranched alkanes of at least 4 members (excludes halogenated alkanes) is 1. The smallest absolute Gasteiger partial charge is 0.0590 e. The van der Waals surface area contributed by atoms with Gasteiger partial charge in [0, 0.05) is 12.4 Å². The molecule has 12 heavy (non-hydrogen) atoms. The van der Waals surface area contributed by atoms with Crippen LogP contribution in [0, 0.1) is 0 Å². The largest absolute Gasteiger partial charge is 0.261 e. The minimum atomic E-state index is 0.979. The molecule has 0 unspecified atom stereocenters. The van der Waals surface area contributed by atoms with E-state index in [1.54, 1.807) is 0 Å². The van der Waals surface area contributed by atoms with E-state index in [0.29, 0.717) is 0 Å². The molecule has 0 saturated heterocycles. The minimum absolute atomic E-state index is 0.979. The van der Waals surface area contributed by atoms with Crippen LogP contribution in [0.4, 0.5) is 0 Å². The average molecular weight is 164 g/mol. The Hall–Kier alpha value is -0.920. The standard InChI is InChI=1S/C10H16N2/c1-3-5-6-10-8-11-7-9(4-2)12-10/h7-8H,3-6H2,1-2H3. The van der Waals surface area contributed by atoms with Gasteiger partial charge >= 0.3 is 0 Å². The van der Waals surface area contributed by atoms with Crippen LogP contribution in [0.1, 0.15) is 38.1 Å². The van der Waals surface area contributed by atoms with Crippen molar-refractivity contribution in [1.82, 2.24) is 9.97 Å². The van der Waals surface area contributed by atoms with E-state index in [0.717, 1.165) is 24.2 Å². The van der Waals surface area contributed by atoms with E-state index in [1.165, 1.54) is 12.8 Å². The maximum atomic E-state index is 4.47. The molecular weight excluding hydrogens is 148 g/mol. The maximum Gasteiger partial charge on any atom is 0.0590 e. The molecule has 1 rings (SSSR count). The van der Waals surface area contributed by atoms with E-state index in [1.807, 2.05) is 12.4 Å². The lowest BCUT2D eigenvalue weighted by atomic mass is 10.2. The fourth-order valence-electron chi connectivity index (χ4n) is 1.10. The van der Waals surface area contributed by atoms with Crippen molar-refractivity contribution in [3.8, 4) is 0 Å². The first kappa shape index (κ1) is 9.17. The molecule has 0 N–H and O–H groups in total. The van der Waals surface area contributed by atoms with Gasteiger partial charge in [0.25, 0.3) is 0 Å². The molecule has 66 valence electrons. The molecule has 0 aromatic carbocycles. The first-order chi connectivity index (χ1) is 5.86. The van der Waals surface area contributed by atoms with E-state index >= 15 is 0 Å². The van der Waals surface area contributed by atoms with Crippen LogP contribution in [0.25, 0.3) is 0 Å². The number of rotatable bonds is 4. The summed E-state index contributed by atoms with van der Waals surface area (Å²) in [6.45, 7) is 4.30. The van der Waals surface area contributed by atoms with Crippen molar-refractivity contribution in [3.63, 3.8) is 0 Å². The number of nitrogens with zero attached hydrogens (tertiary/aromatic N) is 2. The Labute approximate surface area is 74.1 Å². The lowest BCUT2D eigenvalue weighted by Gasteiger charge is -2.00. The van der Waals surface area contributed by atoms with E-state index in [-0.39, 0.29) is 0 Å². The monoisotopic (exact) mass is 164 g/mol. The summed E-state index contributed by atoms with van der Waals surface area (Å²) in [5, 5.41) is 0. The molecule has 0 bridgehead atoms. The zero-order chi connectivity index (χ0) is 8.81. The van der Waals surface area contributed by atoms with Gasteiger partial charge in [-0.1, -0.05) is 20.3 Å². The Morgan fingerprint density at radius 2 is 1.92 bits per heavy atom. The molecule has 0 aliphatic rings. The molecule has 1 aromatic heterocycles. The van der Waals surface area contributed by atoms with Gasteiger partial charge in [0.05, 0.1) is 11.4 Å². The normalized spacial score (nSPS) is 10.2. The van der Waals surface area contributed by atoms with Crippen LogP contribution in [0.15, 0.2) is 12.4 Å². The zero-order valence-electron chi connectivity index (χ0n) is 7.88. The highest BCUT2D eigenvalue weighted by Crippen LogP contribution is 2.01. The number of aryl methyl sites for hydroxylation is 2. The van der Waals surface area contributed by atoms with E-state index in [4.69, 9.17) is 0 Å². The summed E-state index contributed by atoms with van der Waals surface area (Å²) in [6.07, 6.45) is 8.19. The van der Waals surface area contributed by atoms with Crippen LogP contribution in [0.3, 0.4) is 0 Å². The SMILES string of the molecule is CCCCc1cncc(CC)n1. The fraction of sp³-hybridized carbons (Fsp3) is 0.600. The highest BCUT2D eigenvalue weighted by molar-refractivity contribution is 5.02. The molecule has 0 amide bonds. The summed E-state index contributed by atoms with van der Waals surface area (Å²) >= 11 is 0. The molecule has 0 aliphatic heterocycles. The molecule has 0 fully saturated rings. The molecule has 0 radical (unpaired) electrons. The Morgan fingerprint density at radius 1 is 1.17 bits per heavy atom. The minimum Gasteiger partial charge on any atom is -0.261 e. The third-order valence-corrected chi connectivity index (χ3v) is 1.88. The number of hydrogen-bond donors (Lipinski definition) is 0. The van der Waals surface area contributed by atoms with E-state index in [9.17, 15) is 0 Å². The Morgan fingerprint density at radius 3 is 2.58 bits per heavy atom. The summed E-state index contributed by atoms with van der Waals surface area (Å²) in [4.78, 5) is 8.61. The van der Waals surface area contributed by atoms with Gasteiger partial charge in [-0.2, -0.15) is 0 Å². The van der Waals surface area contributed by atoms with E-state index in [2.05, 4.69) is 23.8 Å². The molecular formula is C10H16N2. The van der Waals surface area contributed by atoms with Crippen LogP contribution >= 0.6 is 0 Å². The number of hydrogen-bond acceptors (Lipinski definition) is 2. The molecule has 0 aliphatic carbocycles. The predicted molar refractivity (Wildman–Crippen MR) is 50.0 cm³/mol. The highest BCUT2D eigenvalue weighted by atomic mass is 14.8. The van der Waals surface area contributed by atoms with Gasteiger partial charge < -0.3 is 0 Å². The second-order valence-electron chi connectivity index (χ2n) is 2.96.